The van der Waals surface area contributed by atoms with Gasteiger partial charge in [-0.05, 0) is 68.3 Å². The Balaban J connectivity index is 1.85. The summed E-state index contributed by atoms with van der Waals surface area (Å²) in [6.07, 6.45) is 5.72. The molecule has 0 spiro atoms. The number of hydrogen-bond acceptors (Lipinski definition) is 4. The number of piperidine rings is 1. The summed E-state index contributed by atoms with van der Waals surface area (Å²) in [5, 5.41) is 6.97. The molecular weight excluding hydrogens is 398 g/mol. The van der Waals surface area contributed by atoms with Gasteiger partial charge in [0.15, 0.2) is 0 Å². The van der Waals surface area contributed by atoms with Crippen molar-refractivity contribution in [2.24, 2.45) is 5.92 Å². The van der Waals surface area contributed by atoms with Crippen LogP contribution in [0.3, 0.4) is 0 Å². The molecule has 1 unspecified atom stereocenters. The molecule has 2 aromatic heterocycles. The maximum Gasteiger partial charge on any atom is 0.259 e. The summed E-state index contributed by atoms with van der Waals surface area (Å²) < 4.78 is 1.78. The lowest BCUT2D eigenvalue weighted by molar-refractivity contribution is 0.0695. The highest BCUT2D eigenvalue weighted by atomic mass is 32.1. The number of carbonyl (C=O) groups is 2. The van der Waals surface area contributed by atoms with Gasteiger partial charge in [-0.2, -0.15) is 11.3 Å². The SMILES string of the molecule is CC1CCN(C(=O)c2cn(C(C)C)cc(C(=O)NC(C)Cc3ccsc3)c2=O)CC1. The highest BCUT2D eigenvalue weighted by Gasteiger charge is 2.26. The maximum atomic E-state index is 13.1. The Morgan fingerprint density at radius 2 is 1.83 bits per heavy atom. The zero-order valence-electron chi connectivity index (χ0n) is 18.2. The zero-order valence-corrected chi connectivity index (χ0v) is 19.0. The van der Waals surface area contributed by atoms with Gasteiger partial charge in [0.25, 0.3) is 11.8 Å². The first kappa shape index (κ1) is 22.3. The van der Waals surface area contributed by atoms with Crippen LogP contribution >= 0.6 is 11.3 Å². The van der Waals surface area contributed by atoms with Crippen molar-refractivity contribution < 1.29 is 9.59 Å². The van der Waals surface area contributed by atoms with Gasteiger partial charge in [0, 0.05) is 37.6 Å². The van der Waals surface area contributed by atoms with E-state index in [-0.39, 0.29) is 29.1 Å². The molecule has 30 heavy (non-hydrogen) atoms. The molecule has 0 aliphatic carbocycles. The fourth-order valence-corrected chi connectivity index (χ4v) is 4.39. The second-order valence-corrected chi connectivity index (χ2v) is 9.42. The molecule has 1 atom stereocenters. The lowest BCUT2D eigenvalue weighted by atomic mass is 9.98. The standard InChI is InChI=1S/C23H31N3O3S/c1-15(2)26-12-19(22(28)24-17(4)11-18-7-10-30-14-18)21(27)20(13-26)23(29)25-8-5-16(3)6-9-25/h7,10,12-17H,5-6,8-9,11H2,1-4H3,(H,24,28). The number of hydrogen-bond donors (Lipinski definition) is 1. The fourth-order valence-electron chi connectivity index (χ4n) is 3.71. The van der Waals surface area contributed by atoms with Crippen LogP contribution in [0.2, 0.25) is 0 Å². The Hall–Kier alpha value is -2.41. The van der Waals surface area contributed by atoms with Gasteiger partial charge in [-0.15, -0.1) is 0 Å². The molecule has 0 aromatic carbocycles. The first-order chi connectivity index (χ1) is 14.3. The molecule has 0 radical (unpaired) electrons. The summed E-state index contributed by atoms with van der Waals surface area (Å²) in [6, 6.07) is 1.92. The van der Waals surface area contributed by atoms with E-state index in [0.29, 0.717) is 25.4 Å². The highest BCUT2D eigenvalue weighted by Crippen LogP contribution is 2.18. The summed E-state index contributed by atoms with van der Waals surface area (Å²) in [5.74, 6) is -0.121. The summed E-state index contributed by atoms with van der Waals surface area (Å²) in [4.78, 5) is 40.9. The van der Waals surface area contributed by atoms with Crippen LogP contribution in [0.1, 0.15) is 72.9 Å². The van der Waals surface area contributed by atoms with E-state index in [0.717, 1.165) is 18.4 Å². The third kappa shape index (κ3) is 5.19. The van der Waals surface area contributed by atoms with Crippen molar-refractivity contribution in [3.63, 3.8) is 0 Å². The minimum Gasteiger partial charge on any atom is -0.350 e. The topological polar surface area (TPSA) is 71.4 Å². The van der Waals surface area contributed by atoms with Crippen molar-refractivity contribution in [1.29, 1.82) is 0 Å². The number of carbonyl (C=O) groups excluding carboxylic acids is 2. The molecule has 2 amide bonds. The van der Waals surface area contributed by atoms with Gasteiger partial charge in [0.2, 0.25) is 5.43 Å². The largest absolute Gasteiger partial charge is 0.350 e. The number of nitrogens with zero attached hydrogens (tertiary/aromatic N) is 2. The third-order valence-corrected chi connectivity index (χ3v) is 6.42. The first-order valence-corrected chi connectivity index (χ1v) is 11.6. The number of amides is 2. The second kappa shape index (κ2) is 9.60. The minimum absolute atomic E-state index is 0.0216. The molecule has 1 fully saturated rings. The monoisotopic (exact) mass is 429 g/mol. The number of likely N-dealkylation sites (tertiary alicyclic amines) is 1. The van der Waals surface area contributed by atoms with Gasteiger partial charge in [-0.25, -0.2) is 0 Å². The molecule has 0 bridgehead atoms. The molecule has 1 saturated heterocycles. The van der Waals surface area contributed by atoms with Crippen molar-refractivity contribution in [3.8, 4) is 0 Å². The maximum absolute atomic E-state index is 13.1. The highest BCUT2D eigenvalue weighted by molar-refractivity contribution is 7.07. The smallest absolute Gasteiger partial charge is 0.259 e. The van der Waals surface area contributed by atoms with E-state index in [1.807, 2.05) is 37.6 Å². The van der Waals surface area contributed by atoms with E-state index < -0.39 is 11.3 Å². The van der Waals surface area contributed by atoms with Crippen molar-refractivity contribution in [2.45, 2.75) is 59.0 Å². The van der Waals surface area contributed by atoms with E-state index in [1.54, 1.807) is 33.2 Å². The van der Waals surface area contributed by atoms with E-state index >= 15 is 0 Å². The lowest BCUT2D eigenvalue weighted by Gasteiger charge is -2.30. The molecule has 1 N–H and O–H groups in total. The third-order valence-electron chi connectivity index (χ3n) is 5.69. The van der Waals surface area contributed by atoms with Crippen molar-refractivity contribution in [2.75, 3.05) is 13.1 Å². The van der Waals surface area contributed by atoms with Crippen LogP contribution in [-0.4, -0.2) is 40.4 Å². The molecule has 2 aromatic rings. The van der Waals surface area contributed by atoms with Crippen molar-refractivity contribution in [1.82, 2.24) is 14.8 Å². The predicted molar refractivity (Wildman–Crippen MR) is 120 cm³/mol. The van der Waals surface area contributed by atoms with Crippen LogP contribution in [0.25, 0.3) is 0 Å². The van der Waals surface area contributed by atoms with Crippen LogP contribution < -0.4 is 10.7 Å². The number of thiophene rings is 1. The average molecular weight is 430 g/mol. The van der Waals surface area contributed by atoms with Crippen LogP contribution in [0.4, 0.5) is 0 Å². The van der Waals surface area contributed by atoms with Crippen LogP contribution in [0.15, 0.2) is 34.0 Å². The number of rotatable bonds is 6. The first-order valence-electron chi connectivity index (χ1n) is 10.6. The predicted octanol–water partition coefficient (Wildman–Crippen LogP) is 3.72. The Morgan fingerprint density at radius 3 is 2.43 bits per heavy atom. The molecule has 6 nitrogen and oxygen atoms in total. The van der Waals surface area contributed by atoms with Gasteiger partial charge < -0.3 is 14.8 Å². The number of nitrogens with one attached hydrogen (secondary N) is 1. The van der Waals surface area contributed by atoms with E-state index in [4.69, 9.17) is 0 Å². The van der Waals surface area contributed by atoms with Gasteiger partial charge in [0.1, 0.15) is 11.1 Å². The molecule has 162 valence electrons. The molecule has 1 aliphatic heterocycles. The summed E-state index contributed by atoms with van der Waals surface area (Å²) in [5.41, 5.74) is 0.764. The molecule has 3 rings (SSSR count). The zero-order chi connectivity index (χ0) is 21.8. The normalized spacial score (nSPS) is 16.0. The van der Waals surface area contributed by atoms with Gasteiger partial charge in [-0.3, -0.25) is 14.4 Å². The van der Waals surface area contributed by atoms with Crippen molar-refractivity contribution in [3.05, 3.63) is 56.1 Å². The average Bonchev–Trinajstić information content (AvgIpc) is 3.20. The van der Waals surface area contributed by atoms with E-state index in [2.05, 4.69) is 12.2 Å². The van der Waals surface area contributed by atoms with Crippen LogP contribution in [0.5, 0.6) is 0 Å². The summed E-state index contributed by atoms with van der Waals surface area (Å²) in [6.45, 7) is 9.31. The van der Waals surface area contributed by atoms with E-state index in [1.165, 1.54) is 0 Å². The van der Waals surface area contributed by atoms with Gasteiger partial charge >= 0.3 is 0 Å². The van der Waals surface area contributed by atoms with Gasteiger partial charge in [0.05, 0.1) is 0 Å². The molecule has 7 heteroatoms. The lowest BCUT2D eigenvalue weighted by Crippen LogP contribution is -2.42. The van der Waals surface area contributed by atoms with Crippen molar-refractivity contribution >= 4 is 23.2 Å². The molecule has 3 heterocycles. The Bertz CT molecular complexity index is 941. The number of aromatic nitrogens is 1. The van der Waals surface area contributed by atoms with Gasteiger partial charge in [-0.1, -0.05) is 6.92 Å². The molecule has 0 saturated carbocycles. The minimum atomic E-state index is -0.490. The van der Waals surface area contributed by atoms with E-state index in [9.17, 15) is 14.4 Å². The Labute approximate surface area is 181 Å². The van der Waals surface area contributed by atoms with Crippen LogP contribution in [-0.2, 0) is 6.42 Å². The fraction of sp³-hybridized carbons (Fsp3) is 0.522. The number of pyridine rings is 1. The Morgan fingerprint density at radius 1 is 1.17 bits per heavy atom. The second-order valence-electron chi connectivity index (χ2n) is 8.64. The molecular formula is C23H31N3O3S. The summed E-state index contributed by atoms with van der Waals surface area (Å²) >= 11 is 1.61. The summed E-state index contributed by atoms with van der Waals surface area (Å²) in [7, 11) is 0. The quantitative estimate of drug-likeness (QED) is 0.761. The molecule has 1 aliphatic rings. The van der Waals surface area contributed by atoms with Crippen LogP contribution in [0, 0.1) is 5.92 Å². The Kier molecular flexibility index (Phi) is 7.13.